The van der Waals surface area contributed by atoms with Crippen LogP contribution in [0.15, 0.2) is 59.0 Å². The van der Waals surface area contributed by atoms with Gasteiger partial charge in [0.15, 0.2) is 0 Å². The summed E-state index contributed by atoms with van der Waals surface area (Å²) in [5, 5.41) is 16.9. The maximum atomic E-state index is 8.80. The second-order valence-electron chi connectivity index (χ2n) is 4.88. The summed E-state index contributed by atoms with van der Waals surface area (Å²) >= 11 is 0. The first kappa shape index (κ1) is 13.8. The minimum atomic E-state index is 0.459. The van der Waals surface area contributed by atoms with Crippen LogP contribution in [-0.4, -0.2) is 17.2 Å². The van der Waals surface area contributed by atoms with Crippen molar-refractivity contribution in [2.45, 2.75) is 6.54 Å². The minimum absolute atomic E-state index is 0.459. The van der Waals surface area contributed by atoms with Crippen LogP contribution in [0.3, 0.4) is 0 Å². The number of hydrogen-bond acceptors (Lipinski definition) is 5. The van der Waals surface area contributed by atoms with Crippen LogP contribution in [0, 0.1) is 11.3 Å². The molecule has 2 aromatic carbocycles. The van der Waals surface area contributed by atoms with Gasteiger partial charge in [0, 0.05) is 18.3 Å². The molecule has 5 nitrogen and oxygen atoms in total. The Balaban J connectivity index is 1.75. The predicted octanol–water partition coefficient (Wildman–Crippen LogP) is 3.24. The SMILES string of the molecule is CN(Cc1nnc(-c2ccc(C#N)cc2)o1)c1ccccc1. The topological polar surface area (TPSA) is 66.0 Å². The number of anilines is 1. The Labute approximate surface area is 128 Å². The van der Waals surface area contributed by atoms with Crippen molar-refractivity contribution < 1.29 is 4.42 Å². The van der Waals surface area contributed by atoms with Crippen molar-refractivity contribution in [1.82, 2.24) is 10.2 Å². The first-order valence-electron chi connectivity index (χ1n) is 6.85. The Morgan fingerprint density at radius 1 is 1.05 bits per heavy atom. The van der Waals surface area contributed by atoms with Gasteiger partial charge in [-0.3, -0.25) is 0 Å². The lowest BCUT2D eigenvalue weighted by Gasteiger charge is -2.16. The molecule has 108 valence electrons. The second kappa shape index (κ2) is 6.10. The predicted molar refractivity (Wildman–Crippen MR) is 83.0 cm³/mol. The summed E-state index contributed by atoms with van der Waals surface area (Å²) in [5.41, 5.74) is 2.49. The molecule has 5 heteroatoms. The van der Waals surface area contributed by atoms with Gasteiger partial charge in [-0.2, -0.15) is 5.26 Å². The molecule has 0 atom stereocenters. The zero-order valence-electron chi connectivity index (χ0n) is 12.1. The molecule has 0 aliphatic heterocycles. The van der Waals surface area contributed by atoms with Crippen LogP contribution in [0.1, 0.15) is 11.5 Å². The van der Waals surface area contributed by atoms with Gasteiger partial charge in [-0.25, -0.2) is 0 Å². The molecule has 1 heterocycles. The zero-order valence-corrected chi connectivity index (χ0v) is 12.1. The standard InChI is InChI=1S/C17H14N4O/c1-21(15-5-3-2-4-6-15)12-16-19-20-17(22-16)14-9-7-13(11-18)8-10-14/h2-10H,12H2,1H3. The van der Waals surface area contributed by atoms with E-state index in [0.717, 1.165) is 11.3 Å². The number of para-hydroxylation sites is 1. The smallest absolute Gasteiger partial charge is 0.247 e. The number of benzene rings is 2. The van der Waals surface area contributed by atoms with E-state index in [1.807, 2.05) is 42.3 Å². The van der Waals surface area contributed by atoms with Crippen molar-refractivity contribution in [3.8, 4) is 17.5 Å². The molecule has 0 amide bonds. The van der Waals surface area contributed by atoms with Crippen LogP contribution in [-0.2, 0) is 6.54 Å². The monoisotopic (exact) mass is 290 g/mol. The third-order valence-corrected chi connectivity index (χ3v) is 3.30. The third kappa shape index (κ3) is 2.96. The quantitative estimate of drug-likeness (QED) is 0.738. The maximum absolute atomic E-state index is 8.80. The number of hydrogen-bond donors (Lipinski definition) is 0. The van der Waals surface area contributed by atoms with Gasteiger partial charge in [-0.05, 0) is 36.4 Å². The molecule has 3 aromatic rings. The Morgan fingerprint density at radius 3 is 2.45 bits per heavy atom. The van der Waals surface area contributed by atoms with Crippen LogP contribution in [0.5, 0.6) is 0 Å². The third-order valence-electron chi connectivity index (χ3n) is 3.30. The van der Waals surface area contributed by atoms with E-state index >= 15 is 0 Å². The van der Waals surface area contributed by atoms with Crippen LogP contribution < -0.4 is 4.90 Å². The highest BCUT2D eigenvalue weighted by Crippen LogP contribution is 2.20. The average molecular weight is 290 g/mol. The fourth-order valence-electron chi connectivity index (χ4n) is 2.10. The van der Waals surface area contributed by atoms with Crippen molar-refractivity contribution in [3.05, 3.63) is 66.1 Å². The summed E-state index contributed by atoms with van der Waals surface area (Å²) in [5.74, 6) is 1.01. The molecule has 0 saturated heterocycles. The molecule has 0 bridgehead atoms. The van der Waals surface area contributed by atoms with Crippen LogP contribution in [0.2, 0.25) is 0 Å². The molecule has 0 aliphatic carbocycles. The van der Waals surface area contributed by atoms with Gasteiger partial charge in [0.25, 0.3) is 0 Å². The van der Waals surface area contributed by atoms with E-state index in [0.29, 0.717) is 23.9 Å². The molecule has 1 aromatic heterocycles. The highest BCUT2D eigenvalue weighted by Gasteiger charge is 2.11. The zero-order chi connectivity index (χ0) is 15.4. The fourth-order valence-corrected chi connectivity index (χ4v) is 2.10. The Hall–Kier alpha value is -3.13. The summed E-state index contributed by atoms with van der Waals surface area (Å²) in [6.07, 6.45) is 0. The molecule has 22 heavy (non-hydrogen) atoms. The summed E-state index contributed by atoms with van der Waals surface area (Å²) in [7, 11) is 1.97. The van der Waals surface area contributed by atoms with E-state index in [2.05, 4.69) is 16.3 Å². The summed E-state index contributed by atoms with van der Waals surface area (Å²) in [6, 6.07) is 19.2. The van der Waals surface area contributed by atoms with Gasteiger partial charge < -0.3 is 9.32 Å². The molecule has 0 spiro atoms. The first-order chi connectivity index (χ1) is 10.8. The summed E-state index contributed by atoms with van der Waals surface area (Å²) in [4.78, 5) is 2.04. The molecule has 3 rings (SSSR count). The van der Waals surface area contributed by atoms with Crippen LogP contribution in [0.25, 0.3) is 11.5 Å². The van der Waals surface area contributed by atoms with E-state index in [1.165, 1.54) is 0 Å². The van der Waals surface area contributed by atoms with Gasteiger partial charge in [0.05, 0.1) is 18.2 Å². The fraction of sp³-hybridized carbons (Fsp3) is 0.118. The van der Waals surface area contributed by atoms with E-state index in [4.69, 9.17) is 9.68 Å². The molecule has 0 aliphatic rings. The molecule has 0 radical (unpaired) electrons. The van der Waals surface area contributed by atoms with Crippen LogP contribution >= 0.6 is 0 Å². The van der Waals surface area contributed by atoms with Gasteiger partial charge in [-0.1, -0.05) is 18.2 Å². The lowest BCUT2D eigenvalue weighted by Crippen LogP contribution is -2.16. The molecule has 0 N–H and O–H groups in total. The van der Waals surface area contributed by atoms with Gasteiger partial charge in [0.1, 0.15) is 0 Å². The highest BCUT2D eigenvalue weighted by molar-refractivity contribution is 5.54. The van der Waals surface area contributed by atoms with Crippen molar-refractivity contribution >= 4 is 5.69 Å². The van der Waals surface area contributed by atoms with E-state index < -0.39 is 0 Å². The first-order valence-corrected chi connectivity index (χ1v) is 6.85. The van der Waals surface area contributed by atoms with Crippen molar-refractivity contribution in [2.75, 3.05) is 11.9 Å². The van der Waals surface area contributed by atoms with E-state index in [1.54, 1.807) is 24.3 Å². The summed E-state index contributed by atoms with van der Waals surface area (Å²) in [6.45, 7) is 0.535. The molecular formula is C17H14N4O. The highest BCUT2D eigenvalue weighted by atomic mass is 16.4. The molecule has 0 saturated carbocycles. The molecular weight excluding hydrogens is 276 g/mol. The number of aromatic nitrogens is 2. The van der Waals surface area contributed by atoms with E-state index in [-0.39, 0.29) is 0 Å². The minimum Gasteiger partial charge on any atom is -0.419 e. The maximum Gasteiger partial charge on any atom is 0.247 e. The number of nitrogens with zero attached hydrogens (tertiary/aromatic N) is 4. The normalized spacial score (nSPS) is 10.2. The van der Waals surface area contributed by atoms with Gasteiger partial charge in [0.2, 0.25) is 11.8 Å². The lowest BCUT2D eigenvalue weighted by molar-refractivity contribution is 0.503. The average Bonchev–Trinajstić information content (AvgIpc) is 3.04. The largest absolute Gasteiger partial charge is 0.419 e. The Morgan fingerprint density at radius 2 is 1.77 bits per heavy atom. The number of nitriles is 1. The molecule has 0 unspecified atom stereocenters. The second-order valence-corrected chi connectivity index (χ2v) is 4.88. The van der Waals surface area contributed by atoms with Gasteiger partial charge in [-0.15, -0.1) is 10.2 Å². The molecule has 0 fully saturated rings. The lowest BCUT2D eigenvalue weighted by atomic mass is 10.1. The Kier molecular flexibility index (Phi) is 3.84. The van der Waals surface area contributed by atoms with Crippen molar-refractivity contribution in [2.24, 2.45) is 0 Å². The van der Waals surface area contributed by atoms with Crippen LogP contribution in [0.4, 0.5) is 5.69 Å². The summed E-state index contributed by atoms with van der Waals surface area (Å²) < 4.78 is 5.69. The van der Waals surface area contributed by atoms with Crippen molar-refractivity contribution in [3.63, 3.8) is 0 Å². The van der Waals surface area contributed by atoms with E-state index in [9.17, 15) is 0 Å². The van der Waals surface area contributed by atoms with Crippen molar-refractivity contribution in [1.29, 1.82) is 5.26 Å². The van der Waals surface area contributed by atoms with Gasteiger partial charge >= 0.3 is 0 Å². The number of rotatable bonds is 4. The Bertz CT molecular complexity index is 788.